The van der Waals surface area contributed by atoms with Gasteiger partial charge in [0, 0.05) is 0 Å². The minimum absolute atomic E-state index is 0.0411. The number of hydrogen-bond acceptors (Lipinski definition) is 4. The van der Waals surface area contributed by atoms with Gasteiger partial charge in [0.2, 0.25) is 0 Å². The Bertz CT molecular complexity index is 1330. The van der Waals surface area contributed by atoms with Gasteiger partial charge >= 0.3 is 231 Å². The van der Waals surface area contributed by atoms with Crippen LogP contribution in [0.2, 0.25) is 0 Å². The van der Waals surface area contributed by atoms with Gasteiger partial charge in [-0.2, -0.15) is 0 Å². The van der Waals surface area contributed by atoms with Crippen molar-refractivity contribution < 1.29 is 13.2 Å². The van der Waals surface area contributed by atoms with Crippen LogP contribution in [0.25, 0.3) is 0 Å². The van der Waals surface area contributed by atoms with Crippen molar-refractivity contribution in [2.75, 3.05) is 20.1 Å². The zero-order valence-corrected chi connectivity index (χ0v) is 24.8. The van der Waals surface area contributed by atoms with Crippen molar-refractivity contribution in [3.8, 4) is 0 Å². The van der Waals surface area contributed by atoms with E-state index in [1.165, 1.54) is 18.5 Å². The molecule has 7 heteroatoms. The van der Waals surface area contributed by atoms with Gasteiger partial charge in [0.05, 0.1) is 0 Å². The van der Waals surface area contributed by atoms with Gasteiger partial charge in [0.25, 0.3) is 0 Å². The predicted molar refractivity (Wildman–Crippen MR) is 163 cm³/mol. The second kappa shape index (κ2) is 11.8. The van der Waals surface area contributed by atoms with Gasteiger partial charge < -0.3 is 0 Å². The van der Waals surface area contributed by atoms with Crippen molar-refractivity contribution in [3.05, 3.63) is 109 Å². The fourth-order valence-corrected chi connectivity index (χ4v) is 11.7. The molecule has 0 saturated heterocycles. The van der Waals surface area contributed by atoms with E-state index in [1.807, 2.05) is 60.8 Å². The van der Waals surface area contributed by atoms with Crippen molar-refractivity contribution in [1.29, 1.82) is 0 Å². The second-order valence-electron chi connectivity index (χ2n) is 9.26. The van der Waals surface area contributed by atoms with Crippen LogP contribution in [0, 0.1) is 0 Å². The molecule has 3 aromatic carbocycles. The van der Waals surface area contributed by atoms with E-state index in [2.05, 4.69) is 64.4 Å². The van der Waals surface area contributed by atoms with Gasteiger partial charge in [-0.15, -0.1) is 0 Å². The summed E-state index contributed by atoms with van der Waals surface area (Å²) < 4.78 is 20.4. The zero-order valence-electron chi connectivity index (χ0n) is 21.8. The molecule has 0 bridgehead atoms. The number of para-hydroxylation sites is 2. The first-order valence-corrected chi connectivity index (χ1v) is 17.4. The van der Waals surface area contributed by atoms with Crippen molar-refractivity contribution in [2.24, 2.45) is 0 Å². The van der Waals surface area contributed by atoms with Gasteiger partial charge in [0.15, 0.2) is 0 Å². The molecule has 1 heterocycles. The first-order valence-electron chi connectivity index (χ1n) is 12.0. The molecule has 0 spiro atoms. The van der Waals surface area contributed by atoms with Crippen LogP contribution in [0.5, 0.6) is 0 Å². The number of hydrogen-bond donors (Lipinski definition) is 0. The Kier molecular flexibility index (Phi) is 8.67. The van der Waals surface area contributed by atoms with Crippen molar-refractivity contribution >= 4 is 54.1 Å². The topological polar surface area (TPSA) is 49.9 Å². The molecule has 5 nitrogen and oxygen atoms in total. The summed E-state index contributed by atoms with van der Waals surface area (Å²) >= 11 is -3.31. The number of anilines is 3. The van der Waals surface area contributed by atoms with Crippen LogP contribution in [0.1, 0.15) is 26.3 Å². The maximum absolute atomic E-state index is 12.5. The summed E-state index contributed by atoms with van der Waals surface area (Å²) in [6, 6.07) is 26.2. The summed E-state index contributed by atoms with van der Waals surface area (Å²) in [6.07, 6.45) is 8.10. The van der Waals surface area contributed by atoms with Gasteiger partial charge in [-0.1, -0.05) is 0 Å². The summed E-state index contributed by atoms with van der Waals surface area (Å²) in [6.45, 7) is 6.11. The molecule has 194 valence electrons. The summed E-state index contributed by atoms with van der Waals surface area (Å²) in [7, 11) is 1.46. The zero-order chi connectivity index (χ0) is 26.6. The van der Waals surface area contributed by atoms with Gasteiger partial charge in [-0.25, -0.2) is 0 Å². The number of amides is 1. The number of alkyl halides is 2. The number of benzene rings is 3. The fourth-order valence-electron chi connectivity index (χ4n) is 4.65. The number of rotatable bonds is 7. The molecule has 0 N–H and O–H groups in total. The number of halogens is 1. The molecule has 2 unspecified atom stereocenters. The Morgan fingerprint density at radius 1 is 1.03 bits per heavy atom. The van der Waals surface area contributed by atoms with Crippen LogP contribution in [-0.2, 0) is 25.5 Å². The van der Waals surface area contributed by atoms with Gasteiger partial charge in [-0.3, -0.25) is 0 Å². The number of carbonyl (C=O) groups is 1. The molecule has 0 saturated carbocycles. The van der Waals surface area contributed by atoms with E-state index in [0.717, 1.165) is 11.3 Å². The Hall–Kier alpha value is -2.75. The Labute approximate surface area is 230 Å². The molecule has 2 atom stereocenters. The van der Waals surface area contributed by atoms with Crippen LogP contribution < -0.4 is 8.01 Å². The Balaban J connectivity index is 1.73. The second-order valence-corrected chi connectivity index (χ2v) is 15.6. The summed E-state index contributed by atoms with van der Waals surface area (Å²) in [5.41, 5.74) is 4.16. The van der Waals surface area contributed by atoms with E-state index >= 15 is 0 Å². The molecule has 1 amide bonds. The number of allylic oxidation sites excluding steroid dienone is 3. The minimum atomic E-state index is -1.80. The molecule has 0 aliphatic carbocycles. The predicted octanol–water partition coefficient (Wildman–Crippen LogP) is 7.33. The molecule has 1 aliphatic rings. The molecule has 1 aliphatic heterocycles. The first-order chi connectivity index (χ1) is 17.8. The van der Waals surface area contributed by atoms with E-state index in [9.17, 15) is 9.00 Å². The number of fused-ring (bicyclic) bond motifs is 1. The quantitative estimate of drug-likeness (QED) is 0.119. The molecule has 0 fully saturated rings. The SMILES string of the molecule is COS(=O)c1ccc2c(c1)C(C)(C)C(/C=C/C=C/N(C(C)=O)c1ccccc1)I(C)N2c1ccccc1. The molecule has 3 aromatic rings. The van der Waals surface area contributed by atoms with E-state index < -0.39 is 31.2 Å². The molecular formula is C30H33IN2O3S. The van der Waals surface area contributed by atoms with Crippen molar-refractivity contribution in [2.45, 2.75) is 35.0 Å². The van der Waals surface area contributed by atoms with Crippen LogP contribution in [0.3, 0.4) is 0 Å². The normalized spacial score (nSPS) is 18.7. The summed E-state index contributed by atoms with van der Waals surface area (Å²) in [5.74, 6) is -0.0411. The Morgan fingerprint density at radius 3 is 2.30 bits per heavy atom. The van der Waals surface area contributed by atoms with E-state index in [1.54, 1.807) is 11.8 Å². The molecule has 0 aromatic heterocycles. The van der Waals surface area contributed by atoms with Gasteiger partial charge in [-0.05, 0) is 0 Å². The molecular weight excluding hydrogens is 595 g/mol. The molecule has 4 rings (SSSR count). The number of nitrogens with zero attached hydrogens (tertiary/aromatic N) is 2. The molecule has 37 heavy (non-hydrogen) atoms. The maximum atomic E-state index is 12.5. The summed E-state index contributed by atoms with van der Waals surface area (Å²) in [4.78, 5) is 17.0. The molecule has 0 radical (unpaired) electrons. The Morgan fingerprint density at radius 2 is 1.68 bits per heavy atom. The van der Waals surface area contributed by atoms with E-state index in [-0.39, 0.29) is 15.2 Å². The third-order valence-electron chi connectivity index (χ3n) is 6.50. The van der Waals surface area contributed by atoms with Crippen LogP contribution in [0.4, 0.5) is 17.1 Å². The van der Waals surface area contributed by atoms with Crippen molar-refractivity contribution in [3.63, 3.8) is 0 Å². The van der Waals surface area contributed by atoms with Crippen LogP contribution in [0.15, 0.2) is 108 Å². The monoisotopic (exact) mass is 628 g/mol. The summed E-state index contributed by atoms with van der Waals surface area (Å²) in [5, 5.41) is 0. The van der Waals surface area contributed by atoms with Crippen LogP contribution in [-0.4, -0.2) is 26.1 Å². The first kappa shape index (κ1) is 27.3. The third kappa shape index (κ3) is 5.73. The van der Waals surface area contributed by atoms with Gasteiger partial charge in [0.1, 0.15) is 0 Å². The van der Waals surface area contributed by atoms with Crippen molar-refractivity contribution in [1.82, 2.24) is 0 Å². The number of carbonyl (C=O) groups excluding carboxylic acids is 1. The fraction of sp³-hybridized carbons (Fsp3) is 0.233. The average Bonchev–Trinajstić information content (AvgIpc) is 2.90. The van der Waals surface area contributed by atoms with E-state index in [4.69, 9.17) is 4.18 Å². The van der Waals surface area contributed by atoms with E-state index in [0.29, 0.717) is 4.90 Å². The average molecular weight is 629 g/mol. The standard InChI is InChI=1S/C30H33IN2O3S/c1-23(34)32(24-14-8-6-9-15-24)21-13-12-18-29-30(2,3)27-22-26(37(35)36-5)19-20-28(27)33(31(29)4)25-16-10-7-11-17-25/h6-22,29H,1-5H3/b18-12+,21-13+. The van der Waals surface area contributed by atoms with Crippen LogP contribution >= 0.6 is 20.1 Å². The third-order valence-corrected chi connectivity index (χ3v) is 14.0.